The van der Waals surface area contributed by atoms with Crippen LogP contribution in [0.1, 0.15) is 61.3 Å². The number of carbonyl (C=O) groups is 2. The van der Waals surface area contributed by atoms with E-state index < -0.39 is 11.0 Å². The normalized spacial score (nSPS) is 18.7. The number of ether oxygens (including phenoxy) is 2. The Balaban J connectivity index is 2.85. The Hall–Kier alpha value is -0.950. The molecule has 0 radical (unpaired) electrons. The number of nitrogens with zero attached hydrogens (tertiary/aromatic N) is 1. The Kier molecular flexibility index (Phi) is 8.48. The van der Waals surface area contributed by atoms with Gasteiger partial charge in [0.05, 0.1) is 12.0 Å². The SMILES string of the molecule is CCOC(=O)C1([C@@H](C)NCC(C)(C)SC)CCN(C(=O)OC(C)(C)C)CC1. The molecule has 0 unspecified atom stereocenters. The lowest BCUT2D eigenvalue weighted by Gasteiger charge is -2.44. The van der Waals surface area contributed by atoms with Gasteiger partial charge in [-0.15, -0.1) is 0 Å². The molecular weight excluding hydrogens is 364 g/mol. The van der Waals surface area contributed by atoms with Gasteiger partial charge in [0.25, 0.3) is 0 Å². The van der Waals surface area contributed by atoms with Crippen molar-refractivity contribution in [3.8, 4) is 0 Å². The van der Waals surface area contributed by atoms with Gasteiger partial charge in [0.15, 0.2) is 0 Å². The van der Waals surface area contributed by atoms with Crippen LogP contribution in [-0.2, 0) is 14.3 Å². The summed E-state index contributed by atoms with van der Waals surface area (Å²) in [6.45, 7) is 16.0. The zero-order valence-corrected chi connectivity index (χ0v) is 19.1. The number of carbonyl (C=O) groups excluding carboxylic acids is 2. The Morgan fingerprint density at radius 1 is 1.19 bits per heavy atom. The van der Waals surface area contributed by atoms with Gasteiger partial charge in [-0.1, -0.05) is 0 Å². The molecule has 158 valence electrons. The lowest BCUT2D eigenvalue weighted by atomic mass is 9.72. The van der Waals surface area contributed by atoms with Crippen LogP contribution in [0.25, 0.3) is 0 Å². The maximum atomic E-state index is 12.9. The van der Waals surface area contributed by atoms with Crippen molar-refractivity contribution in [2.45, 2.75) is 77.7 Å². The molecule has 1 aliphatic rings. The van der Waals surface area contributed by atoms with Gasteiger partial charge in [-0.05, 0) is 67.6 Å². The van der Waals surface area contributed by atoms with E-state index >= 15 is 0 Å². The lowest BCUT2D eigenvalue weighted by molar-refractivity contribution is -0.160. The van der Waals surface area contributed by atoms with E-state index in [1.54, 1.807) is 16.7 Å². The first-order valence-corrected chi connectivity index (χ1v) is 11.0. The van der Waals surface area contributed by atoms with Gasteiger partial charge in [0.2, 0.25) is 0 Å². The molecule has 0 bridgehead atoms. The van der Waals surface area contributed by atoms with Crippen molar-refractivity contribution in [1.82, 2.24) is 10.2 Å². The number of likely N-dealkylation sites (tertiary alicyclic amines) is 1. The maximum absolute atomic E-state index is 12.9. The minimum Gasteiger partial charge on any atom is -0.466 e. The molecule has 1 rings (SSSR count). The fourth-order valence-electron chi connectivity index (χ4n) is 3.17. The van der Waals surface area contributed by atoms with Crippen LogP contribution < -0.4 is 5.32 Å². The minimum absolute atomic E-state index is 0.0382. The fourth-order valence-corrected chi connectivity index (χ4v) is 3.40. The summed E-state index contributed by atoms with van der Waals surface area (Å²) in [4.78, 5) is 26.9. The first-order chi connectivity index (χ1) is 12.4. The van der Waals surface area contributed by atoms with Crippen LogP contribution in [0.4, 0.5) is 4.79 Å². The van der Waals surface area contributed by atoms with Crippen LogP contribution in [0, 0.1) is 5.41 Å². The third kappa shape index (κ3) is 6.86. The van der Waals surface area contributed by atoms with Crippen molar-refractivity contribution in [2.24, 2.45) is 5.41 Å². The van der Waals surface area contributed by atoms with Crippen molar-refractivity contribution in [2.75, 3.05) is 32.5 Å². The largest absolute Gasteiger partial charge is 0.466 e. The summed E-state index contributed by atoms with van der Waals surface area (Å²) in [6, 6.07) is -0.0382. The highest BCUT2D eigenvalue weighted by atomic mass is 32.2. The van der Waals surface area contributed by atoms with Crippen LogP contribution in [0.2, 0.25) is 0 Å². The average molecular weight is 403 g/mol. The number of esters is 1. The van der Waals surface area contributed by atoms with Crippen LogP contribution in [0.5, 0.6) is 0 Å². The predicted molar refractivity (Wildman–Crippen MR) is 111 cm³/mol. The molecule has 0 spiro atoms. The fraction of sp³-hybridized carbons (Fsp3) is 0.900. The van der Waals surface area contributed by atoms with Crippen molar-refractivity contribution in [3.63, 3.8) is 0 Å². The smallest absolute Gasteiger partial charge is 0.410 e. The third-order valence-electron chi connectivity index (χ3n) is 5.20. The van der Waals surface area contributed by atoms with E-state index in [-0.39, 0.29) is 22.9 Å². The number of hydrogen-bond acceptors (Lipinski definition) is 6. The molecule has 0 aromatic heterocycles. The number of nitrogens with one attached hydrogen (secondary N) is 1. The molecule has 0 aromatic carbocycles. The van der Waals surface area contributed by atoms with E-state index in [2.05, 4.69) is 32.3 Å². The van der Waals surface area contributed by atoms with Crippen LogP contribution in [0.15, 0.2) is 0 Å². The molecule has 27 heavy (non-hydrogen) atoms. The van der Waals surface area contributed by atoms with Crippen LogP contribution in [-0.4, -0.2) is 65.8 Å². The lowest BCUT2D eigenvalue weighted by Crippen LogP contribution is -2.57. The van der Waals surface area contributed by atoms with Crippen molar-refractivity contribution < 1.29 is 19.1 Å². The Bertz CT molecular complexity index is 509. The quantitative estimate of drug-likeness (QED) is 0.655. The molecule has 1 N–H and O–H groups in total. The zero-order chi connectivity index (χ0) is 20.9. The zero-order valence-electron chi connectivity index (χ0n) is 18.3. The molecule has 1 aliphatic heterocycles. The van der Waals surface area contributed by atoms with E-state index in [4.69, 9.17) is 9.47 Å². The van der Waals surface area contributed by atoms with E-state index in [0.717, 1.165) is 6.54 Å². The number of thioether (sulfide) groups is 1. The van der Waals surface area contributed by atoms with Crippen LogP contribution >= 0.6 is 11.8 Å². The van der Waals surface area contributed by atoms with Gasteiger partial charge < -0.3 is 19.7 Å². The molecule has 6 nitrogen and oxygen atoms in total. The van der Waals surface area contributed by atoms with Crippen LogP contribution in [0.3, 0.4) is 0 Å². The summed E-state index contributed by atoms with van der Waals surface area (Å²) in [6.07, 6.45) is 2.91. The standard InChI is InChI=1S/C20H38N2O4S/c1-9-25-16(23)20(15(2)21-14-19(6,7)27-8)10-12-22(13-11-20)17(24)26-18(3,4)5/h15,21H,9-14H2,1-8H3/t15-/m1/s1. The molecule has 1 atom stereocenters. The van der Waals surface area contributed by atoms with Gasteiger partial charge in [0, 0.05) is 30.4 Å². The third-order valence-corrected chi connectivity index (χ3v) is 6.45. The summed E-state index contributed by atoms with van der Waals surface area (Å²) in [5, 5.41) is 3.55. The van der Waals surface area contributed by atoms with E-state index in [9.17, 15) is 9.59 Å². The van der Waals surface area contributed by atoms with Gasteiger partial charge in [0.1, 0.15) is 5.60 Å². The second-order valence-electron chi connectivity index (χ2n) is 8.91. The molecule has 1 amide bonds. The van der Waals surface area contributed by atoms with Gasteiger partial charge >= 0.3 is 12.1 Å². The predicted octanol–water partition coefficient (Wildman–Crippen LogP) is 3.69. The summed E-state index contributed by atoms with van der Waals surface area (Å²) < 4.78 is 11.0. The van der Waals surface area contributed by atoms with E-state index in [1.807, 2.05) is 27.7 Å². The molecule has 1 heterocycles. The number of amides is 1. The summed E-state index contributed by atoms with van der Waals surface area (Å²) >= 11 is 1.79. The van der Waals surface area contributed by atoms with Gasteiger partial charge in [-0.2, -0.15) is 11.8 Å². The second kappa shape index (κ2) is 9.50. The molecular formula is C20H38N2O4S. The highest BCUT2D eigenvalue weighted by Crippen LogP contribution is 2.37. The Labute approximate surface area is 169 Å². The van der Waals surface area contributed by atoms with Crippen molar-refractivity contribution in [1.29, 1.82) is 0 Å². The molecule has 0 aromatic rings. The second-order valence-corrected chi connectivity index (χ2v) is 10.4. The molecule has 7 heteroatoms. The number of rotatable bonds is 7. The van der Waals surface area contributed by atoms with E-state index in [0.29, 0.717) is 32.5 Å². The molecule has 0 saturated carbocycles. The first kappa shape index (κ1) is 24.1. The first-order valence-electron chi connectivity index (χ1n) is 9.80. The Morgan fingerprint density at radius 3 is 2.19 bits per heavy atom. The minimum atomic E-state index is -0.622. The van der Waals surface area contributed by atoms with Crippen molar-refractivity contribution >= 4 is 23.8 Å². The van der Waals surface area contributed by atoms with Crippen molar-refractivity contribution in [3.05, 3.63) is 0 Å². The topological polar surface area (TPSA) is 67.9 Å². The number of piperidine rings is 1. The molecule has 1 saturated heterocycles. The molecule has 1 fully saturated rings. The monoisotopic (exact) mass is 402 g/mol. The maximum Gasteiger partial charge on any atom is 0.410 e. The highest BCUT2D eigenvalue weighted by Gasteiger charge is 2.48. The highest BCUT2D eigenvalue weighted by molar-refractivity contribution is 7.99. The van der Waals surface area contributed by atoms with Gasteiger partial charge in [-0.3, -0.25) is 4.79 Å². The summed E-state index contributed by atoms with van der Waals surface area (Å²) in [5.41, 5.74) is -1.14. The van der Waals surface area contributed by atoms with E-state index in [1.165, 1.54) is 0 Å². The summed E-state index contributed by atoms with van der Waals surface area (Å²) in [5.74, 6) is -0.171. The van der Waals surface area contributed by atoms with Gasteiger partial charge in [-0.25, -0.2) is 4.79 Å². The Morgan fingerprint density at radius 2 is 1.74 bits per heavy atom. The summed E-state index contributed by atoms with van der Waals surface area (Å²) in [7, 11) is 0. The average Bonchev–Trinajstić information content (AvgIpc) is 2.58. The molecule has 0 aliphatic carbocycles. The number of hydrogen-bond donors (Lipinski definition) is 1.